The predicted molar refractivity (Wildman–Crippen MR) is 78.6 cm³/mol. The molecular formula is C12H19N9. The first-order valence-electron chi connectivity index (χ1n) is 7.05. The molecule has 2 aromatic rings. The van der Waals surface area contributed by atoms with Gasteiger partial charge >= 0.3 is 0 Å². The maximum Gasteiger partial charge on any atom is 0.231 e. The second-order valence-corrected chi connectivity index (χ2v) is 5.08. The molecule has 112 valence electrons. The molecule has 2 aromatic heterocycles. The summed E-state index contributed by atoms with van der Waals surface area (Å²) in [5.41, 5.74) is 5.78. The Bertz CT molecular complexity index is 603. The number of nitrogen functional groups attached to an aromatic ring is 1. The lowest BCUT2D eigenvalue weighted by atomic mass is 10.1. The molecule has 9 heteroatoms. The molecule has 1 aliphatic rings. The van der Waals surface area contributed by atoms with Crippen LogP contribution < -0.4 is 16.0 Å². The van der Waals surface area contributed by atoms with Crippen LogP contribution in [0.4, 0.5) is 17.8 Å². The highest BCUT2D eigenvalue weighted by Crippen LogP contribution is 2.17. The van der Waals surface area contributed by atoms with E-state index in [1.54, 1.807) is 6.33 Å². The van der Waals surface area contributed by atoms with Crippen molar-refractivity contribution in [3.8, 4) is 0 Å². The van der Waals surface area contributed by atoms with Gasteiger partial charge in [-0.1, -0.05) is 0 Å². The Morgan fingerprint density at radius 3 is 2.71 bits per heavy atom. The molecule has 3 heterocycles. The molecule has 0 radical (unpaired) electrons. The topological polar surface area (TPSA) is 111 Å². The van der Waals surface area contributed by atoms with Crippen molar-refractivity contribution in [2.24, 2.45) is 7.05 Å². The van der Waals surface area contributed by atoms with Gasteiger partial charge < -0.3 is 20.5 Å². The summed E-state index contributed by atoms with van der Waals surface area (Å²) in [6.45, 7) is 2.41. The third-order valence-corrected chi connectivity index (χ3v) is 3.49. The fraction of sp³-hybridized carbons (Fsp3) is 0.583. The standard InChI is InChI=1S/C12H19N9/c1-20-8-15-19-9(20)7-14-11-16-10(13)17-12(18-11)21-5-3-2-4-6-21/h8H,2-7H2,1H3,(H3,13,14,16,17,18). The monoisotopic (exact) mass is 289 g/mol. The Kier molecular flexibility index (Phi) is 3.80. The van der Waals surface area contributed by atoms with E-state index in [0.717, 1.165) is 31.8 Å². The van der Waals surface area contributed by atoms with Crippen LogP contribution >= 0.6 is 0 Å². The largest absolute Gasteiger partial charge is 0.368 e. The quantitative estimate of drug-likeness (QED) is 0.820. The molecule has 1 aliphatic heterocycles. The minimum Gasteiger partial charge on any atom is -0.368 e. The Labute approximate surface area is 122 Å². The van der Waals surface area contributed by atoms with Gasteiger partial charge in [0.05, 0.1) is 6.54 Å². The fourth-order valence-corrected chi connectivity index (χ4v) is 2.32. The number of rotatable bonds is 4. The number of anilines is 3. The molecular weight excluding hydrogens is 270 g/mol. The highest BCUT2D eigenvalue weighted by molar-refractivity contribution is 5.42. The van der Waals surface area contributed by atoms with E-state index in [9.17, 15) is 0 Å². The van der Waals surface area contributed by atoms with Gasteiger partial charge in [-0.25, -0.2) is 0 Å². The number of nitrogens with one attached hydrogen (secondary N) is 1. The van der Waals surface area contributed by atoms with Crippen molar-refractivity contribution in [1.29, 1.82) is 0 Å². The van der Waals surface area contributed by atoms with Gasteiger partial charge in [0.25, 0.3) is 0 Å². The van der Waals surface area contributed by atoms with Gasteiger partial charge in [-0.2, -0.15) is 15.0 Å². The van der Waals surface area contributed by atoms with E-state index in [1.807, 2.05) is 11.6 Å². The zero-order valence-corrected chi connectivity index (χ0v) is 12.0. The summed E-state index contributed by atoms with van der Waals surface area (Å²) in [6.07, 6.45) is 5.23. The summed E-state index contributed by atoms with van der Waals surface area (Å²) in [5.74, 6) is 2.13. The van der Waals surface area contributed by atoms with Crippen molar-refractivity contribution < 1.29 is 0 Å². The molecule has 0 bridgehead atoms. The normalized spacial score (nSPS) is 15.2. The molecule has 3 N–H and O–H groups in total. The molecule has 1 fully saturated rings. The summed E-state index contributed by atoms with van der Waals surface area (Å²) < 4.78 is 1.84. The van der Waals surface area contributed by atoms with Gasteiger partial charge in [0.15, 0.2) is 5.82 Å². The SMILES string of the molecule is Cn1cnnc1CNc1nc(N)nc(N2CCCCC2)n1. The minimum absolute atomic E-state index is 0.228. The zero-order valence-electron chi connectivity index (χ0n) is 12.0. The van der Waals surface area contributed by atoms with E-state index in [0.29, 0.717) is 18.4 Å². The average Bonchev–Trinajstić information content (AvgIpc) is 2.91. The van der Waals surface area contributed by atoms with E-state index in [2.05, 4.69) is 35.4 Å². The molecule has 0 aliphatic carbocycles. The van der Waals surface area contributed by atoms with Crippen LogP contribution in [0.2, 0.25) is 0 Å². The summed E-state index contributed by atoms with van der Waals surface area (Å²) in [4.78, 5) is 14.9. The van der Waals surface area contributed by atoms with Gasteiger partial charge in [0, 0.05) is 20.1 Å². The van der Waals surface area contributed by atoms with Crippen molar-refractivity contribution in [2.45, 2.75) is 25.8 Å². The number of hydrogen-bond donors (Lipinski definition) is 2. The summed E-state index contributed by atoms with van der Waals surface area (Å²) in [7, 11) is 1.89. The number of nitrogens with zero attached hydrogens (tertiary/aromatic N) is 7. The van der Waals surface area contributed by atoms with Crippen LogP contribution in [0.1, 0.15) is 25.1 Å². The predicted octanol–water partition coefficient (Wildman–Crippen LogP) is 0.185. The van der Waals surface area contributed by atoms with Gasteiger partial charge in [0.2, 0.25) is 17.8 Å². The van der Waals surface area contributed by atoms with Crippen molar-refractivity contribution in [3.63, 3.8) is 0 Å². The first-order valence-corrected chi connectivity index (χ1v) is 7.05. The highest BCUT2D eigenvalue weighted by atomic mass is 15.3. The summed E-state index contributed by atoms with van der Waals surface area (Å²) in [5, 5.41) is 10.9. The van der Waals surface area contributed by atoms with Crippen LogP contribution in [0.5, 0.6) is 0 Å². The maximum atomic E-state index is 5.78. The summed E-state index contributed by atoms with van der Waals surface area (Å²) >= 11 is 0. The van der Waals surface area contributed by atoms with Crippen LogP contribution in [-0.4, -0.2) is 42.8 Å². The first kappa shape index (κ1) is 13.5. The number of hydrogen-bond acceptors (Lipinski definition) is 8. The molecule has 1 saturated heterocycles. The zero-order chi connectivity index (χ0) is 14.7. The number of nitrogens with two attached hydrogens (primary N) is 1. The van der Waals surface area contributed by atoms with E-state index in [-0.39, 0.29) is 5.95 Å². The van der Waals surface area contributed by atoms with Crippen LogP contribution in [0, 0.1) is 0 Å². The van der Waals surface area contributed by atoms with Gasteiger partial charge in [-0.05, 0) is 19.3 Å². The van der Waals surface area contributed by atoms with E-state index in [4.69, 9.17) is 5.73 Å². The Balaban J connectivity index is 1.73. The van der Waals surface area contributed by atoms with Gasteiger partial charge in [0.1, 0.15) is 6.33 Å². The Morgan fingerprint density at radius 1 is 1.19 bits per heavy atom. The fourth-order valence-electron chi connectivity index (χ4n) is 2.32. The molecule has 21 heavy (non-hydrogen) atoms. The molecule has 3 rings (SSSR count). The lowest BCUT2D eigenvalue weighted by molar-refractivity contribution is 0.568. The Morgan fingerprint density at radius 2 is 2.00 bits per heavy atom. The highest BCUT2D eigenvalue weighted by Gasteiger charge is 2.15. The van der Waals surface area contributed by atoms with E-state index in [1.165, 1.54) is 6.42 Å². The first-order chi connectivity index (χ1) is 10.2. The van der Waals surface area contributed by atoms with Crippen LogP contribution in [-0.2, 0) is 13.6 Å². The third kappa shape index (κ3) is 3.18. The number of aryl methyl sites for hydroxylation is 1. The second-order valence-electron chi connectivity index (χ2n) is 5.08. The van der Waals surface area contributed by atoms with E-state index < -0.39 is 0 Å². The molecule has 0 atom stereocenters. The second kappa shape index (κ2) is 5.90. The molecule has 9 nitrogen and oxygen atoms in total. The van der Waals surface area contributed by atoms with Crippen molar-refractivity contribution in [2.75, 3.05) is 29.0 Å². The average molecular weight is 289 g/mol. The van der Waals surface area contributed by atoms with Crippen molar-refractivity contribution in [1.82, 2.24) is 29.7 Å². The third-order valence-electron chi connectivity index (χ3n) is 3.49. The van der Waals surface area contributed by atoms with Crippen LogP contribution in [0.3, 0.4) is 0 Å². The lowest BCUT2D eigenvalue weighted by Crippen LogP contribution is -2.31. The maximum absolute atomic E-state index is 5.78. The van der Waals surface area contributed by atoms with E-state index >= 15 is 0 Å². The molecule has 0 amide bonds. The Hall–Kier alpha value is -2.45. The minimum atomic E-state index is 0.228. The molecule has 0 aromatic carbocycles. The van der Waals surface area contributed by atoms with Gasteiger partial charge in [-0.15, -0.1) is 10.2 Å². The van der Waals surface area contributed by atoms with Crippen LogP contribution in [0.15, 0.2) is 6.33 Å². The molecule has 0 saturated carbocycles. The van der Waals surface area contributed by atoms with Gasteiger partial charge in [-0.3, -0.25) is 0 Å². The smallest absolute Gasteiger partial charge is 0.231 e. The molecule has 0 unspecified atom stereocenters. The van der Waals surface area contributed by atoms with Crippen molar-refractivity contribution >= 4 is 17.8 Å². The number of aromatic nitrogens is 6. The van der Waals surface area contributed by atoms with Crippen LogP contribution in [0.25, 0.3) is 0 Å². The summed E-state index contributed by atoms with van der Waals surface area (Å²) in [6, 6.07) is 0. The number of piperidine rings is 1. The van der Waals surface area contributed by atoms with Crippen molar-refractivity contribution in [3.05, 3.63) is 12.2 Å². The lowest BCUT2D eigenvalue weighted by Gasteiger charge is -2.26. The molecule has 0 spiro atoms.